The molecule has 2 saturated carbocycles. The van der Waals surface area contributed by atoms with Crippen LogP contribution in [-0.2, 0) is 9.53 Å². The van der Waals surface area contributed by atoms with Crippen LogP contribution in [0.25, 0.3) is 0 Å². The molecule has 0 spiro atoms. The van der Waals surface area contributed by atoms with Crippen molar-refractivity contribution in [2.24, 2.45) is 0 Å². The van der Waals surface area contributed by atoms with Crippen molar-refractivity contribution in [3.8, 4) is 0 Å². The van der Waals surface area contributed by atoms with E-state index < -0.39 is 0 Å². The first-order chi connectivity index (χ1) is 9.70. The van der Waals surface area contributed by atoms with Gasteiger partial charge in [0.15, 0.2) is 0 Å². The number of carbonyl (C=O) groups excluding carboxylic acids is 1. The number of rotatable bonds is 7. The SMILES string of the molecule is COC(=O)C(CCN(C)C1CCCCCC1)NC1CC1. The molecular weight excluding hydrogens is 252 g/mol. The summed E-state index contributed by atoms with van der Waals surface area (Å²) < 4.78 is 4.92. The minimum atomic E-state index is -0.124. The molecule has 0 aromatic heterocycles. The highest BCUT2D eigenvalue weighted by Gasteiger charge is 2.29. The molecule has 2 aliphatic carbocycles. The summed E-state index contributed by atoms with van der Waals surface area (Å²) in [4.78, 5) is 14.3. The molecule has 2 rings (SSSR count). The minimum absolute atomic E-state index is 0.105. The van der Waals surface area contributed by atoms with Crippen LogP contribution in [-0.4, -0.2) is 49.7 Å². The molecule has 20 heavy (non-hydrogen) atoms. The van der Waals surface area contributed by atoms with E-state index in [2.05, 4.69) is 17.3 Å². The fourth-order valence-corrected chi connectivity index (χ4v) is 3.16. The van der Waals surface area contributed by atoms with E-state index >= 15 is 0 Å². The van der Waals surface area contributed by atoms with E-state index in [4.69, 9.17) is 4.74 Å². The first kappa shape index (κ1) is 15.8. The van der Waals surface area contributed by atoms with Gasteiger partial charge >= 0.3 is 5.97 Å². The lowest BCUT2D eigenvalue weighted by atomic mass is 10.1. The monoisotopic (exact) mass is 282 g/mol. The Balaban J connectivity index is 1.76. The van der Waals surface area contributed by atoms with Gasteiger partial charge in [0.2, 0.25) is 0 Å². The number of methoxy groups -OCH3 is 1. The Kier molecular flexibility index (Phi) is 6.30. The van der Waals surface area contributed by atoms with Crippen molar-refractivity contribution < 1.29 is 9.53 Å². The zero-order valence-corrected chi connectivity index (χ0v) is 13.1. The molecule has 2 fully saturated rings. The second-order valence-electron chi connectivity index (χ2n) is 6.43. The maximum absolute atomic E-state index is 11.8. The lowest BCUT2D eigenvalue weighted by Gasteiger charge is -2.28. The average molecular weight is 282 g/mol. The summed E-state index contributed by atoms with van der Waals surface area (Å²) in [5.74, 6) is -0.105. The van der Waals surface area contributed by atoms with Gasteiger partial charge in [-0.25, -0.2) is 0 Å². The van der Waals surface area contributed by atoms with Crippen molar-refractivity contribution >= 4 is 5.97 Å². The van der Waals surface area contributed by atoms with E-state index in [1.807, 2.05) is 0 Å². The van der Waals surface area contributed by atoms with Crippen LogP contribution in [0.5, 0.6) is 0 Å². The van der Waals surface area contributed by atoms with Crippen molar-refractivity contribution in [2.75, 3.05) is 20.7 Å². The van der Waals surface area contributed by atoms with Crippen molar-refractivity contribution in [1.29, 1.82) is 0 Å². The van der Waals surface area contributed by atoms with E-state index in [1.54, 1.807) is 0 Å². The predicted molar refractivity (Wildman–Crippen MR) is 80.7 cm³/mol. The van der Waals surface area contributed by atoms with Crippen molar-refractivity contribution in [1.82, 2.24) is 10.2 Å². The standard InChI is InChI=1S/C16H30N2O2/c1-18(14-7-5-3-4-6-8-14)12-11-15(16(19)20-2)17-13-9-10-13/h13-15,17H,3-12H2,1-2H3. The fraction of sp³-hybridized carbons (Fsp3) is 0.938. The Morgan fingerprint density at radius 1 is 1.20 bits per heavy atom. The highest BCUT2D eigenvalue weighted by atomic mass is 16.5. The smallest absolute Gasteiger partial charge is 0.322 e. The summed E-state index contributed by atoms with van der Waals surface area (Å²) >= 11 is 0. The van der Waals surface area contributed by atoms with Crippen molar-refractivity contribution in [3.63, 3.8) is 0 Å². The molecule has 0 heterocycles. The maximum Gasteiger partial charge on any atom is 0.322 e. The van der Waals surface area contributed by atoms with Gasteiger partial charge in [0.25, 0.3) is 0 Å². The highest BCUT2D eigenvalue weighted by Crippen LogP contribution is 2.22. The summed E-state index contributed by atoms with van der Waals surface area (Å²) in [6, 6.07) is 1.12. The molecule has 0 aliphatic heterocycles. The zero-order chi connectivity index (χ0) is 14.4. The number of ether oxygens (including phenoxy) is 1. The van der Waals surface area contributed by atoms with Crippen molar-refractivity contribution in [2.45, 2.75) is 75.9 Å². The van der Waals surface area contributed by atoms with E-state index in [0.29, 0.717) is 12.1 Å². The van der Waals surface area contributed by atoms with Crippen LogP contribution < -0.4 is 5.32 Å². The minimum Gasteiger partial charge on any atom is -0.468 e. The Morgan fingerprint density at radius 3 is 2.40 bits per heavy atom. The molecule has 4 heteroatoms. The Morgan fingerprint density at radius 2 is 1.85 bits per heavy atom. The van der Waals surface area contributed by atoms with Crippen LogP contribution in [0, 0.1) is 0 Å². The summed E-state index contributed by atoms with van der Waals surface area (Å²) in [5, 5.41) is 3.41. The zero-order valence-electron chi connectivity index (χ0n) is 13.1. The fourth-order valence-electron chi connectivity index (χ4n) is 3.16. The largest absolute Gasteiger partial charge is 0.468 e. The number of hydrogen-bond donors (Lipinski definition) is 1. The van der Waals surface area contributed by atoms with E-state index in [-0.39, 0.29) is 12.0 Å². The van der Waals surface area contributed by atoms with E-state index in [0.717, 1.165) is 13.0 Å². The molecule has 0 aromatic rings. The molecule has 0 bridgehead atoms. The maximum atomic E-state index is 11.8. The van der Waals surface area contributed by atoms with Gasteiger partial charge in [0.05, 0.1) is 7.11 Å². The first-order valence-electron chi connectivity index (χ1n) is 8.25. The van der Waals surface area contributed by atoms with Gasteiger partial charge in [0.1, 0.15) is 6.04 Å². The lowest BCUT2D eigenvalue weighted by Crippen LogP contribution is -2.42. The van der Waals surface area contributed by atoms with E-state index in [9.17, 15) is 4.79 Å². The average Bonchev–Trinajstić information content (AvgIpc) is 3.28. The summed E-state index contributed by atoms with van der Waals surface area (Å²) in [5.41, 5.74) is 0. The third-order valence-corrected chi connectivity index (χ3v) is 4.72. The van der Waals surface area contributed by atoms with Gasteiger partial charge in [-0.05, 0) is 39.2 Å². The first-order valence-corrected chi connectivity index (χ1v) is 8.25. The number of carbonyl (C=O) groups is 1. The Bertz CT molecular complexity index is 297. The lowest BCUT2D eigenvalue weighted by molar-refractivity contribution is -0.143. The molecule has 1 unspecified atom stereocenters. The van der Waals surface area contributed by atoms with Crippen molar-refractivity contribution in [3.05, 3.63) is 0 Å². The summed E-state index contributed by atoms with van der Waals surface area (Å²) in [6.07, 6.45) is 11.4. The molecule has 0 amide bonds. The molecule has 0 aromatic carbocycles. The van der Waals surface area contributed by atoms with Crippen LogP contribution >= 0.6 is 0 Å². The molecule has 2 aliphatic rings. The second-order valence-corrected chi connectivity index (χ2v) is 6.43. The molecule has 0 radical (unpaired) electrons. The van der Waals surface area contributed by atoms with Crippen LogP contribution in [0.15, 0.2) is 0 Å². The summed E-state index contributed by atoms with van der Waals surface area (Å²) in [6.45, 7) is 0.976. The van der Waals surface area contributed by atoms with E-state index in [1.165, 1.54) is 58.5 Å². The third kappa shape index (κ3) is 5.06. The topological polar surface area (TPSA) is 41.6 Å². The van der Waals surface area contributed by atoms with Crippen LogP contribution in [0.3, 0.4) is 0 Å². The van der Waals surface area contributed by atoms with Gasteiger partial charge in [-0.1, -0.05) is 25.7 Å². The van der Waals surface area contributed by atoms with Crippen LogP contribution in [0.1, 0.15) is 57.8 Å². The number of esters is 1. The molecule has 0 saturated heterocycles. The molecule has 1 N–H and O–H groups in total. The normalized spacial score (nSPS) is 22.6. The second kappa shape index (κ2) is 7.99. The Hall–Kier alpha value is -0.610. The molecule has 116 valence electrons. The Labute approximate surface area is 123 Å². The molecule has 4 nitrogen and oxygen atoms in total. The van der Waals surface area contributed by atoms with Crippen LogP contribution in [0.2, 0.25) is 0 Å². The molecule has 1 atom stereocenters. The summed E-state index contributed by atoms with van der Waals surface area (Å²) in [7, 11) is 3.69. The van der Waals surface area contributed by atoms with Gasteiger partial charge in [0, 0.05) is 18.6 Å². The van der Waals surface area contributed by atoms with Gasteiger partial charge in [-0.2, -0.15) is 0 Å². The number of nitrogens with one attached hydrogen (secondary N) is 1. The number of nitrogens with zero attached hydrogens (tertiary/aromatic N) is 1. The highest BCUT2D eigenvalue weighted by molar-refractivity contribution is 5.75. The van der Waals surface area contributed by atoms with Gasteiger partial charge in [-0.15, -0.1) is 0 Å². The molecular formula is C16H30N2O2. The number of hydrogen-bond acceptors (Lipinski definition) is 4. The predicted octanol–water partition coefficient (Wildman–Crippen LogP) is 2.32. The quantitative estimate of drug-likeness (QED) is 0.575. The van der Waals surface area contributed by atoms with Gasteiger partial charge < -0.3 is 15.0 Å². The van der Waals surface area contributed by atoms with Gasteiger partial charge in [-0.3, -0.25) is 4.79 Å². The third-order valence-electron chi connectivity index (χ3n) is 4.72. The van der Waals surface area contributed by atoms with Crippen LogP contribution in [0.4, 0.5) is 0 Å².